The molecular formula is C20H14ClFN2O7. The summed E-state index contributed by atoms with van der Waals surface area (Å²) in [6.07, 6.45) is 1.16. The predicted octanol–water partition coefficient (Wildman–Crippen LogP) is 2.62. The Labute approximate surface area is 179 Å². The number of hydrogen-bond donors (Lipinski definition) is 2. The van der Waals surface area contributed by atoms with Gasteiger partial charge >= 0.3 is 12.0 Å². The second-order valence-electron chi connectivity index (χ2n) is 6.15. The van der Waals surface area contributed by atoms with Crippen LogP contribution in [-0.2, 0) is 14.4 Å². The lowest BCUT2D eigenvalue weighted by atomic mass is 10.1. The van der Waals surface area contributed by atoms with Gasteiger partial charge in [-0.3, -0.25) is 14.9 Å². The molecule has 3 rings (SSSR count). The molecule has 2 N–H and O–H groups in total. The van der Waals surface area contributed by atoms with Crippen LogP contribution in [0.2, 0.25) is 5.02 Å². The molecule has 2 aromatic rings. The van der Waals surface area contributed by atoms with Gasteiger partial charge in [0.15, 0.2) is 18.1 Å². The van der Waals surface area contributed by atoms with Crippen LogP contribution < -0.4 is 19.7 Å². The zero-order chi connectivity index (χ0) is 22.7. The molecule has 4 amide bonds. The second-order valence-corrected chi connectivity index (χ2v) is 6.56. The Morgan fingerprint density at radius 2 is 2.00 bits per heavy atom. The van der Waals surface area contributed by atoms with Crippen molar-refractivity contribution in [2.45, 2.75) is 0 Å². The normalized spacial score (nSPS) is 15.1. The molecule has 1 saturated heterocycles. The summed E-state index contributed by atoms with van der Waals surface area (Å²) in [6.45, 7) is -0.665. The van der Waals surface area contributed by atoms with Gasteiger partial charge in [-0.2, -0.15) is 0 Å². The Hall–Kier alpha value is -3.92. The number of amides is 4. The van der Waals surface area contributed by atoms with Gasteiger partial charge in [0, 0.05) is 0 Å². The molecular weight excluding hydrogens is 435 g/mol. The molecule has 0 aromatic heterocycles. The number of carbonyl (C=O) groups excluding carboxylic acids is 3. The third-order valence-corrected chi connectivity index (χ3v) is 4.35. The Kier molecular flexibility index (Phi) is 6.21. The van der Waals surface area contributed by atoms with Crippen molar-refractivity contribution in [3.8, 4) is 11.5 Å². The molecule has 0 radical (unpaired) electrons. The largest absolute Gasteiger partial charge is 0.493 e. The zero-order valence-electron chi connectivity index (χ0n) is 15.8. The molecule has 1 fully saturated rings. The lowest BCUT2D eigenvalue weighted by Crippen LogP contribution is -2.54. The number of anilines is 1. The lowest BCUT2D eigenvalue weighted by molar-refractivity contribution is -0.139. The number of methoxy groups -OCH3 is 1. The summed E-state index contributed by atoms with van der Waals surface area (Å²) < 4.78 is 23.8. The topological polar surface area (TPSA) is 122 Å². The summed E-state index contributed by atoms with van der Waals surface area (Å²) in [5.74, 6) is -3.80. The minimum atomic E-state index is -1.23. The molecule has 1 aliphatic rings. The first-order chi connectivity index (χ1) is 14.7. The summed E-state index contributed by atoms with van der Waals surface area (Å²) in [5, 5.41) is 10.7. The summed E-state index contributed by atoms with van der Waals surface area (Å²) >= 11 is 6.13. The fourth-order valence-electron chi connectivity index (χ4n) is 2.77. The van der Waals surface area contributed by atoms with Gasteiger partial charge in [0.2, 0.25) is 0 Å². The predicted molar refractivity (Wildman–Crippen MR) is 107 cm³/mol. The number of carboxylic acid groups (broad SMARTS) is 1. The highest BCUT2D eigenvalue weighted by Gasteiger charge is 2.37. The molecule has 0 aliphatic carbocycles. The van der Waals surface area contributed by atoms with Gasteiger partial charge in [0.25, 0.3) is 11.8 Å². The van der Waals surface area contributed by atoms with Crippen LogP contribution in [-0.4, -0.2) is 42.6 Å². The van der Waals surface area contributed by atoms with Crippen molar-refractivity contribution in [1.82, 2.24) is 5.32 Å². The molecule has 0 spiro atoms. The van der Waals surface area contributed by atoms with Crippen LogP contribution in [0.15, 0.2) is 42.0 Å². The van der Waals surface area contributed by atoms with Crippen LogP contribution in [0.5, 0.6) is 11.5 Å². The van der Waals surface area contributed by atoms with E-state index in [4.69, 9.17) is 26.2 Å². The van der Waals surface area contributed by atoms with Crippen molar-refractivity contribution in [2.75, 3.05) is 18.6 Å². The third-order valence-electron chi connectivity index (χ3n) is 4.07. The number of benzene rings is 2. The maximum Gasteiger partial charge on any atom is 0.341 e. The van der Waals surface area contributed by atoms with Gasteiger partial charge in [0.05, 0.1) is 17.8 Å². The number of nitrogens with zero attached hydrogens (tertiary/aromatic N) is 1. The van der Waals surface area contributed by atoms with Crippen LogP contribution in [0.3, 0.4) is 0 Å². The average molecular weight is 449 g/mol. The van der Waals surface area contributed by atoms with Crippen LogP contribution in [0, 0.1) is 5.82 Å². The minimum absolute atomic E-state index is 0.0332. The van der Waals surface area contributed by atoms with E-state index in [1.807, 2.05) is 5.32 Å². The summed E-state index contributed by atoms with van der Waals surface area (Å²) in [4.78, 5) is 48.6. The van der Waals surface area contributed by atoms with Gasteiger partial charge < -0.3 is 14.6 Å². The van der Waals surface area contributed by atoms with Crippen molar-refractivity contribution in [1.29, 1.82) is 0 Å². The number of barbiturate groups is 1. The molecule has 0 bridgehead atoms. The molecule has 0 saturated carbocycles. The molecule has 9 nitrogen and oxygen atoms in total. The standard InChI is InChI=1S/C20H14ClFN2O7/c1-30-15-7-10(6-14(21)17(15)31-9-16(25)26)5-13-18(27)23-20(29)24(19(13)28)12-4-2-3-11(22)8-12/h2-8H,9H2,1H3,(H,25,26)(H,23,27,29)/b13-5+. The van der Waals surface area contributed by atoms with E-state index in [1.54, 1.807) is 0 Å². The Morgan fingerprint density at radius 3 is 2.65 bits per heavy atom. The van der Waals surface area contributed by atoms with E-state index in [-0.39, 0.29) is 27.8 Å². The highest BCUT2D eigenvalue weighted by molar-refractivity contribution is 6.39. The zero-order valence-corrected chi connectivity index (χ0v) is 16.6. The van der Waals surface area contributed by atoms with Crippen LogP contribution in [0.25, 0.3) is 6.08 Å². The number of urea groups is 1. The summed E-state index contributed by atoms with van der Waals surface area (Å²) in [5.41, 5.74) is -0.244. The van der Waals surface area contributed by atoms with E-state index in [1.165, 1.54) is 31.4 Å². The van der Waals surface area contributed by atoms with Gasteiger partial charge in [-0.25, -0.2) is 18.9 Å². The number of halogens is 2. The monoisotopic (exact) mass is 448 g/mol. The van der Waals surface area contributed by atoms with E-state index >= 15 is 0 Å². The Bertz CT molecular complexity index is 1130. The van der Waals surface area contributed by atoms with Crippen molar-refractivity contribution in [2.24, 2.45) is 0 Å². The average Bonchev–Trinajstić information content (AvgIpc) is 2.69. The van der Waals surface area contributed by atoms with E-state index < -0.39 is 41.8 Å². The molecule has 11 heteroatoms. The number of nitrogens with one attached hydrogen (secondary N) is 1. The van der Waals surface area contributed by atoms with Gasteiger partial charge in [-0.05, 0) is 42.0 Å². The molecule has 160 valence electrons. The number of ether oxygens (including phenoxy) is 2. The van der Waals surface area contributed by atoms with E-state index in [0.29, 0.717) is 4.90 Å². The van der Waals surface area contributed by atoms with Crippen molar-refractivity contribution in [3.05, 3.63) is 58.4 Å². The Morgan fingerprint density at radius 1 is 1.26 bits per heavy atom. The minimum Gasteiger partial charge on any atom is -0.493 e. The molecule has 0 unspecified atom stereocenters. The Balaban J connectivity index is 2.00. The molecule has 1 heterocycles. The number of rotatable bonds is 6. The first kappa shape index (κ1) is 21.8. The van der Waals surface area contributed by atoms with Gasteiger partial charge in [-0.15, -0.1) is 0 Å². The van der Waals surface area contributed by atoms with Crippen molar-refractivity contribution in [3.63, 3.8) is 0 Å². The highest BCUT2D eigenvalue weighted by atomic mass is 35.5. The fourth-order valence-corrected chi connectivity index (χ4v) is 3.04. The maximum absolute atomic E-state index is 13.5. The van der Waals surface area contributed by atoms with Crippen molar-refractivity contribution < 1.29 is 38.1 Å². The SMILES string of the molecule is COc1cc(/C=C2\C(=O)NC(=O)N(c3cccc(F)c3)C2=O)cc(Cl)c1OCC(=O)O. The molecule has 0 atom stereocenters. The summed E-state index contributed by atoms with van der Waals surface area (Å²) in [7, 11) is 1.29. The highest BCUT2D eigenvalue weighted by Crippen LogP contribution is 2.37. The van der Waals surface area contributed by atoms with Crippen LogP contribution >= 0.6 is 11.6 Å². The smallest absolute Gasteiger partial charge is 0.341 e. The number of aliphatic carboxylic acids is 1. The number of carboxylic acids is 1. The first-order valence-corrected chi connectivity index (χ1v) is 8.98. The number of carbonyl (C=O) groups is 4. The van der Waals surface area contributed by atoms with Crippen LogP contribution in [0.4, 0.5) is 14.9 Å². The third kappa shape index (κ3) is 4.64. The van der Waals surface area contributed by atoms with E-state index in [0.717, 1.165) is 18.2 Å². The van der Waals surface area contributed by atoms with Crippen molar-refractivity contribution >= 4 is 47.2 Å². The van der Waals surface area contributed by atoms with Gasteiger partial charge in [-0.1, -0.05) is 17.7 Å². The first-order valence-electron chi connectivity index (χ1n) is 8.60. The molecule has 31 heavy (non-hydrogen) atoms. The van der Waals surface area contributed by atoms with E-state index in [2.05, 4.69) is 0 Å². The number of hydrogen-bond acceptors (Lipinski definition) is 6. The molecule has 1 aliphatic heterocycles. The van der Waals surface area contributed by atoms with Gasteiger partial charge in [0.1, 0.15) is 11.4 Å². The second kappa shape index (κ2) is 8.84. The number of imide groups is 2. The fraction of sp³-hybridized carbons (Fsp3) is 0.100. The lowest BCUT2D eigenvalue weighted by Gasteiger charge is -2.26. The van der Waals surface area contributed by atoms with Crippen LogP contribution in [0.1, 0.15) is 5.56 Å². The summed E-state index contributed by atoms with van der Waals surface area (Å²) in [6, 6.07) is 6.41. The molecule has 2 aromatic carbocycles. The van der Waals surface area contributed by atoms with E-state index in [9.17, 15) is 23.6 Å². The quantitative estimate of drug-likeness (QED) is 0.514. The maximum atomic E-state index is 13.5.